The number of sulfonamides is 1. The number of amides is 1. The first-order valence-electron chi connectivity index (χ1n) is 10.3. The van der Waals surface area contributed by atoms with Crippen LogP contribution in [0.15, 0.2) is 77.7 Å². The Labute approximate surface area is 210 Å². The maximum atomic E-state index is 14.4. The Balaban J connectivity index is 1.54. The van der Waals surface area contributed by atoms with E-state index in [2.05, 4.69) is 27.9 Å². The van der Waals surface area contributed by atoms with Crippen LogP contribution in [0.25, 0.3) is 0 Å². The molecule has 0 aromatic heterocycles. The molecule has 4 rings (SSSR count). The molecule has 3 aromatic carbocycles. The van der Waals surface area contributed by atoms with Gasteiger partial charge in [0.15, 0.2) is 6.61 Å². The average molecular weight is 594 g/mol. The maximum absolute atomic E-state index is 14.4. The smallest absolute Gasteiger partial charge is 0.325 e. The molecule has 0 bridgehead atoms. The van der Waals surface area contributed by atoms with E-state index in [9.17, 15) is 22.4 Å². The van der Waals surface area contributed by atoms with Gasteiger partial charge in [-0.1, -0.05) is 36.4 Å². The van der Waals surface area contributed by atoms with Crippen LogP contribution in [0.4, 0.5) is 10.1 Å². The summed E-state index contributed by atoms with van der Waals surface area (Å²) in [5, 5.41) is 2.62. The number of hydrogen-bond acceptors (Lipinski definition) is 5. The van der Waals surface area contributed by atoms with Crippen LogP contribution in [-0.4, -0.2) is 37.2 Å². The number of hydrogen-bond donors (Lipinski definition) is 1. The number of benzene rings is 3. The highest BCUT2D eigenvalue weighted by Crippen LogP contribution is 2.30. The van der Waals surface area contributed by atoms with Crippen LogP contribution in [-0.2, 0) is 37.3 Å². The lowest BCUT2D eigenvalue weighted by Crippen LogP contribution is -2.49. The van der Waals surface area contributed by atoms with Crippen molar-refractivity contribution >= 4 is 50.2 Å². The fraction of sp³-hybridized carbons (Fsp3) is 0.167. The second-order valence-electron chi connectivity index (χ2n) is 7.63. The van der Waals surface area contributed by atoms with E-state index in [4.69, 9.17) is 4.74 Å². The molecule has 7 nitrogen and oxygen atoms in total. The van der Waals surface area contributed by atoms with Gasteiger partial charge in [-0.3, -0.25) is 9.59 Å². The molecular formula is C24H20FIN2O5S. The number of anilines is 1. The number of nitrogens with one attached hydrogen (secondary N) is 1. The second-order valence-corrected chi connectivity index (χ2v) is 10.7. The number of ether oxygens (including phenoxy) is 1. The minimum absolute atomic E-state index is 0.0431. The van der Waals surface area contributed by atoms with Crippen LogP contribution in [0.5, 0.6) is 0 Å². The molecule has 1 atom stereocenters. The Hall–Kier alpha value is -2.83. The molecule has 0 radical (unpaired) electrons. The minimum Gasteiger partial charge on any atom is -0.454 e. The molecule has 1 amide bonds. The van der Waals surface area contributed by atoms with E-state index in [1.54, 1.807) is 36.4 Å². The van der Waals surface area contributed by atoms with Gasteiger partial charge in [0.05, 0.1) is 0 Å². The number of rotatable bonds is 6. The molecule has 0 saturated carbocycles. The van der Waals surface area contributed by atoms with Crippen molar-refractivity contribution in [3.05, 3.63) is 93.3 Å². The van der Waals surface area contributed by atoms with Crippen molar-refractivity contribution in [1.82, 2.24) is 4.31 Å². The minimum atomic E-state index is -4.36. The molecule has 0 unspecified atom stereocenters. The molecule has 1 aliphatic heterocycles. The summed E-state index contributed by atoms with van der Waals surface area (Å²) >= 11 is 2.14. The predicted molar refractivity (Wildman–Crippen MR) is 132 cm³/mol. The van der Waals surface area contributed by atoms with E-state index >= 15 is 0 Å². The van der Waals surface area contributed by atoms with Crippen molar-refractivity contribution in [3.8, 4) is 0 Å². The summed E-state index contributed by atoms with van der Waals surface area (Å²) in [6.45, 7) is -0.710. The van der Waals surface area contributed by atoms with Crippen LogP contribution in [0.2, 0.25) is 0 Å². The van der Waals surface area contributed by atoms with Crippen molar-refractivity contribution < 1.29 is 27.1 Å². The number of carbonyl (C=O) groups is 2. The molecule has 176 valence electrons. The van der Waals surface area contributed by atoms with E-state index < -0.39 is 45.3 Å². The monoisotopic (exact) mass is 594 g/mol. The van der Waals surface area contributed by atoms with Gasteiger partial charge < -0.3 is 10.1 Å². The zero-order valence-corrected chi connectivity index (χ0v) is 20.8. The van der Waals surface area contributed by atoms with Gasteiger partial charge in [-0.15, -0.1) is 0 Å². The Bertz CT molecular complexity index is 1330. The fourth-order valence-electron chi connectivity index (χ4n) is 3.70. The number of carbonyl (C=O) groups excluding carboxylic acids is 2. The lowest BCUT2D eigenvalue weighted by atomic mass is 9.96. The highest BCUT2D eigenvalue weighted by atomic mass is 127. The molecule has 1 aliphatic rings. The summed E-state index contributed by atoms with van der Waals surface area (Å²) in [6, 6.07) is 17.9. The molecule has 0 saturated heterocycles. The van der Waals surface area contributed by atoms with Gasteiger partial charge in [-0.2, -0.15) is 4.31 Å². The molecule has 34 heavy (non-hydrogen) atoms. The lowest BCUT2D eigenvalue weighted by molar-refractivity contribution is -0.151. The van der Waals surface area contributed by atoms with Crippen LogP contribution in [0.1, 0.15) is 11.1 Å². The zero-order chi connectivity index (χ0) is 24.3. The Morgan fingerprint density at radius 3 is 2.35 bits per heavy atom. The third-order valence-electron chi connectivity index (χ3n) is 5.37. The number of nitrogens with zero attached hydrogens (tertiary/aromatic N) is 1. The van der Waals surface area contributed by atoms with E-state index in [1.807, 2.05) is 12.1 Å². The molecule has 0 aliphatic carbocycles. The normalized spacial score (nSPS) is 15.9. The second kappa shape index (κ2) is 10.2. The summed E-state index contributed by atoms with van der Waals surface area (Å²) in [4.78, 5) is 24.7. The van der Waals surface area contributed by atoms with E-state index in [0.29, 0.717) is 11.3 Å². The molecule has 1 N–H and O–H groups in total. The maximum Gasteiger partial charge on any atom is 0.325 e. The summed E-state index contributed by atoms with van der Waals surface area (Å²) in [7, 11) is -4.36. The third-order valence-corrected chi connectivity index (χ3v) is 7.98. The van der Waals surface area contributed by atoms with Crippen LogP contribution in [0, 0.1) is 9.39 Å². The molecule has 0 spiro atoms. The van der Waals surface area contributed by atoms with Gasteiger partial charge in [0.1, 0.15) is 16.8 Å². The van der Waals surface area contributed by atoms with Crippen molar-refractivity contribution in [3.63, 3.8) is 0 Å². The first-order valence-corrected chi connectivity index (χ1v) is 12.8. The lowest BCUT2D eigenvalue weighted by Gasteiger charge is -2.34. The highest BCUT2D eigenvalue weighted by molar-refractivity contribution is 14.1. The van der Waals surface area contributed by atoms with Gasteiger partial charge >= 0.3 is 5.97 Å². The first kappa shape index (κ1) is 24.3. The van der Waals surface area contributed by atoms with Crippen molar-refractivity contribution in [1.29, 1.82) is 0 Å². The zero-order valence-electron chi connectivity index (χ0n) is 17.8. The van der Waals surface area contributed by atoms with Crippen molar-refractivity contribution in [2.75, 3.05) is 11.9 Å². The molecule has 3 aromatic rings. The predicted octanol–water partition coefficient (Wildman–Crippen LogP) is 3.73. The molecular weight excluding hydrogens is 574 g/mol. The topological polar surface area (TPSA) is 92.8 Å². The van der Waals surface area contributed by atoms with Crippen LogP contribution < -0.4 is 5.32 Å². The summed E-state index contributed by atoms with van der Waals surface area (Å²) in [5.41, 5.74) is 2.03. The first-order chi connectivity index (χ1) is 16.3. The summed E-state index contributed by atoms with van der Waals surface area (Å²) in [6.07, 6.45) is 0.0431. The van der Waals surface area contributed by atoms with E-state index in [1.165, 1.54) is 12.1 Å². The standard InChI is InChI=1S/C24H20FIN2O5S/c25-20-7-3-4-8-22(20)34(31,32)28-14-17-6-2-1-5-16(17)13-21(28)24(30)33-15-23(29)27-19-11-9-18(26)10-12-19/h1-12,21H,13-15H2,(H,27,29)/t21-/m0/s1. The third kappa shape index (κ3) is 5.29. The molecule has 1 heterocycles. The van der Waals surface area contributed by atoms with Gasteiger partial charge in [0.2, 0.25) is 10.0 Å². The fourth-order valence-corrected chi connectivity index (χ4v) is 5.68. The number of halogens is 2. The van der Waals surface area contributed by atoms with Crippen molar-refractivity contribution in [2.24, 2.45) is 0 Å². The van der Waals surface area contributed by atoms with Gasteiger partial charge in [0, 0.05) is 22.2 Å². The largest absolute Gasteiger partial charge is 0.454 e. The summed E-state index contributed by atoms with van der Waals surface area (Å²) in [5.74, 6) is -2.35. The highest BCUT2D eigenvalue weighted by Gasteiger charge is 2.41. The quantitative estimate of drug-likeness (QED) is 0.347. The molecule has 0 fully saturated rings. The van der Waals surface area contributed by atoms with Gasteiger partial charge in [-0.25, -0.2) is 12.8 Å². The van der Waals surface area contributed by atoms with E-state index in [-0.39, 0.29) is 13.0 Å². The number of fused-ring (bicyclic) bond motifs is 1. The molecule has 10 heteroatoms. The Kier molecular flexibility index (Phi) is 7.29. The van der Waals surface area contributed by atoms with Gasteiger partial charge in [-0.05, 0) is 70.1 Å². The Morgan fingerprint density at radius 2 is 1.65 bits per heavy atom. The van der Waals surface area contributed by atoms with Crippen LogP contribution >= 0.6 is 22.6 Å². The van der Waals surface area contributed by atoms with E-state index in [0.717, 1.165) is 25.6 Å². The van der Waals surface area contributed by atoms with Crippen molar-refractivity contribution in [2.45, 2.75) is 23.9 Å². The SMILES string of the molecule is O=C(COC(=O)[C@@H]1Cc2ccccc2CN1S(=O)(=O)c1ccccc1F)Nc1ccc(I)cc1. The average Bonchev–Trinajstić information content (AvgIpc) is 2.83. The van der Waals surface area contributed by atoms with Crippen LogP contribution in [0.3, 0.4) is 0 Å². The number of esters is 1. The summed E-state index contributed by atoms with van der Waals surface area (Å²) < 4.78 is 48.2. The van der Waals surface area contributed by atoms with Gasteiger partial charge in [0.25, 0.3) is 5.91 Å². The Morgan fingerprint density at radius 1 is 1.00 bits per heavy atom.